The Morgan fingerprint density at radius 1 is 0.514 bits per heavy atom. The summed E-state index contributed by atoms with van der Waals surface area (Å²) in [5.74, 6) is 0.486. The molecule has 9 heteroatoms. The van der Waals surface area contributed by atoms with Crippen molar-refractivity contribution in [2.24, 2.45) is 0 Å². The Labute approximate surface area is 216 Å². The molecule has 0 fully saturated rings. The third-order valence-corrected chi connectivity index (χ3v) is 9.15. The smallest absolute Gasteiger partial charge is 0.210 e. The molecule has 0 radical (unpaired) electrons. The van der Waals surface area contributed by atoms with Gasteiger partial charge in [-0.3, -0.25) is 0 Å². The lowest BCUT2D eigenvalue weighted by Crippen LogP contribution is -2.09. The summed E-state index contributed by atoms with van der Waals surface area (Å²) in [7, 11) is -7.55. The molecule has 4 aromatic rings. The number of hydrogen-bond acceptors (Lipinski definition) is 7. The number of aromatic hydroxyl groups is 1. The molecule has 1 N–H and O–H groups in total. The van der Waals surface area contributed by atoms with Gasteiger partial charge in [-0.25, -0.2) is 16.8 Å². The first-order valence-electron chi connectivity index (χ1n) is 11.6. The summed E-state index contributed by atoms with van der Waals surface area (Å²) in [5.41, 5.74) is 0. The quantitative estimate of drug-likeness (QED) is 0.258. The highest BCUT2D eigenvalue weighted by Crippen LogP contribution is 2.31. The van der Waals surface area contributed by atoms with E-state index in [2.05, 4.69) is 0 Å². The SMILES string of the molecule is O=S(=O)(c1ccccc1)c1ccccc1OCCCCOc1ccccc1S(=O)(=O)c1ccc(O)cc1. The first-order valence-corrected chi connectivity index (χ1v) is 14.5. The predicted octanol–water partition coefficient (Wildman–Crippen LogP) is 5.30. The van der Waals surface area contributed by atoms with Gasteiger partial charge in [-0.05, 0) is 73.5 Å². The molecule has 192 valence electrons. The number of phenols is 1. The van der Waals surface area contributed by atoms with Crippen LogP contribution in [0.5, 0.6) is 17.2 Å². The molecule has 4 rings (SSSR count). The van der Waals surface area contributed by atoms with E-state index < -0.39 is 19.7 Å². The first-order chi connectivity index (χ1) is 17.8. The van der Waals surface area contributed by atoms with Crippen molar-refractivity contribution < 1.29 is 31.4 Å². The number of hydrogen-bond donors (Lipinski definition) is 1. The predicted molar refractivity (Wildman–Crippen MR) is 139 cm³/mol. The topological polar surface area (TPSA) is 107 Å². The summed E-state index contributed by atoms with van der Waals surface area (Å²) < 4.78 is 63.7. The average molecular weight is 539 g/mol. The number of benzene rings is 4. The number of unbranched alkanes of at least 4 members (excludes halogenated alkanes) is 1. The Morgan fingerprint density at radius 2 is 0.919 bits per heavy atom. The van der Waals surface area contributed by atoms with Gasteiger partial charge in [0.1, 0.15) is 27.0 Å². The summed E-state index contributed by atoms with van der Waals surface area (Å²) in [4.78, 5) is 0.391. The van der Waals surface area contributed by atoms with Crippen LogP contribution in [0.4, 0.5) is 0 Å². The van der Waals surface area contributed by atoms with Crippen LogP contribution < -0.4 is 9.47 Å². The highest BCUT2D eigenvalue weighted by Gasteiger charge is 2.23. The van der Waals surface area contributed by atoms with Gasteiger partial charge in [-0.15, -0.1) is 0 Å². The van der Waals surface area contributed by atoms with E-state index in [1.54, 1.807) is 66.7 Å². The Bertz CT molecular complexity index is 1550. The normalized spacial score (nSPS) is 11.7. The lowest BCUT2D eigenvalue weighted by Gasteiger charge is -2.13. The Morgan fingerprint density at radius 3 is 1.41 bits per heavy atom. The monoisotopic (exact) mass is 538 g/mol. The van der Waals surface area contributed by atoms with Crippen molar-refractivity contribution in [3.63, 3.8) is 0 Å². The number of phenolic OH excluding ortho intramolecular Hbond substituents is 1. The molecular weight excluding hydrogens is 512 g/mol. The van der Waals surface area contributed by atoms with Gasteiger partial charge in [0.2, 0.25) is 19.7 Å². The summed E-state index contributed by atoms with van der Waals surface area (Å²) >= 11 is 0. The fourth-order valence-corrected chi connectivity index (χ4v) is 6.45. The largest absolute Gasteiger partial charge is 0.508 e. The van der Waals surface area contributed by atoms with Crippen LogP contribution in [0.25, 0.3) is 0 Å². The second kappa shape index (κ2) is 11.5. The lowest BCUT2D eigenvalue weighted by atomic mass is 10.3. The molecule has 4 aromatic carbocycles. The van der Waals surface area contributed by atoms with Crippen molar-refractivity contribution in [3.8, 4) is 17.2 Å². The molecule has 0 unspecified atom stereocenters. The Hall–Kier alpha value is -3.82. The minimum Gasteiger partial charge on any atom is -0.508 e. The van der Waals surface area contributed by atoms with Crippen LogP contribution in [0.3, 0.4) is 0 Å². The number of para-hydroxylation sites is 2. The van der Waals surface area contributed by atoms with Crippen molar-refractivity contribution in [1.29, 1.82) is 0 Å². The minimum atomic E-state index is -3.83. The Balaban J connectivity index is 1.35. The third-order valence-electron chi connectivity index (χ3n) is 5.53. The van der Waals surface area contributed by atoms with E-state index in [1.807, 2.05) is 0 Å². The molecule has 0 spiro atoms. The molecule has 0 heterocycles. The van der Waals surface area contributed by atoms with E-state index in [0.717, 1.165) is 0 Å². The van der Waals surface area contributed by atoms with Crippen LogP contribution in [-0.2, 0) is 19.7 Å². The fourth-order valence-electron chi connectivity index (χ4n) is 3.63. The zero-order valence-electron chi connectivity index (χ0n) is 19.9. The molecule has 0 aliphatic heterocycles. The third kappa shape index (κ3) is 6.12. The van der Waals surface area contributed by atoms with E-state index >= 15 is 0 Å². The molecule has 0 atom stereocenters. The van der Waals surface area contributed by atoms with E-state index in [1.165, 1.54) is 36.4 Å². The van der Waals surface area contributed by atoms with Gasteiger partial charge in [0, 0.05) is 0 Å². The second-order valence-electron chi connectivity index (χ2n) is 8.11. The fraction of sp³-hybridized carbons (Fsp3) is 0.143. The second-order valence-corrected chi connectivity index (χ2v) is 11.9. The van der Waals surface area contributed by atoms with Crippen LogP contribution in [0.15, 0.2) is 123 Å². The first kappa shape index (κ1) is 26.2. The van der Waals surface area contributed by atoms with Crippen molar-refractivity contribution in [2.45, 2.75) is 32.4 Å². The van der Waals surface area contributed by atoms with Gasteiger partial charge in [0.05, 0.1) is 23.0 Å². The average Bonchev–Trinajstić information content (AvgIpc) is 2.92. The molecule has 0 amide bonds. The highest BCUT2D eigenvalue weighted by molar-refractivity contribution is 7.92. The van der Waals surface area contributed by atoms with Crippen LogP contribution >= 0.6 is 0 Å². The molecule has 0 aliphatic rings. The standard InChI is InChI=1S/C28H26O7S2/c29-22-16-18-24(19-17-22)37(32,33)28-15-7-5-13-26(28)35-21-9-8-20-34-25-12-4-6-14-27(25)36(30,31)23-10-2-1-3-11-23/h1-7,10-19,29H,8-9,20-21H2. The van der Waals surface area contributed by atoms with Crippen LogP contribution in [0, 0.1) is 0 Å². The van der Waals surface area contributed by atoms with Crippen LogP contribution in [0.2, 0.25) is 0 Å². The number of ether oxygens (including phenoxy) is 2. The molecule has 0 saturated heterocycles. The summed E-state index contributed by atoms with van der Waals surface area (Å²) in [5, 5.41) is 9.45. The minimum absolute atomic E-state index is 0.0222. The van der Waals surface area contributed by atoms with E-state index in [4.69, 9.17) is 9.47 Å². The van der Waals surface area contributed by atoms with Gasteiger partial charge < -0.3 is 14.6 Å². The lowest BCUT2D eigenvalue weighted by molar-refractivity contribution is 0.260. The maximum absolute atomic E-state index is 13.0. The van der Waals surface area contributed by atoms with Gasteiger partial charge in [0.15, 0.2) is 0 Å². The molecular formula is C28H26O7S2. The molecule has 7 nitrogen and oxygen atoms in total. The van der Waals surface area contributed by atoms with Gasteiger partial charge in [0.25, 0.3) is 0 Å². The van der Waals surface area contributed by atoms with E-state index in [0.29, 0.717) is 12.8 Å². The number of sulfone groups is 2. The summed E-state index contributed by atoms with van der Waals surface area (Å²) in [6.45, 7) is 0.508. The van der Waals surface area contributed by atoms with Gasteiger partial charge >= 0.3 is 0 Å². The van der Waals surface area contributed by atoms with Crippen LogP contribution in [0.1, 0.15) is 12.8 Å². The van der Waals surface area contributed by atoms with E-state index in [-0.39, 0.29) is 50.0 Å². The molecule has 0 saturated carbocycles. The zero-order valence-corrected chi connectivity index (χ0v) is 21.5. The summed E-state index contributed by atoms with van der Waals surface area (Å²) in [6.07, 6.45) is 1.12. The van der Waals surface area contributed by atoms with E-state index in [9.17, 15) is 21.9 Å². The van der Waals surface area contributed by atoms with Crippen LogP contribution in [-0.4, -0.2) is 35.2 Å². The zero-order chi connectivity index (χ0) is 26.3. The number of rotatable bonds is 11. The maximum Gasteiger partial charge on any atom is 0.210 e. The van der Waals surface area contributed by atoms with Crippen molar-refractivity contribution in [1.82, 2.24) is 0 Å². The molecule has 37 heavy (non-hydrogen) atoms. The summed E-state index contributed by atoms with van der Waals surface area (Å²) in [6, 6.07) is 26.4. The van der Waals surface area contributed by atoms with Gasteiger partial charge in [-0.1, -0.05) is 42.5 Å². The van der Waals surface area contributed by atoms with Crippen molar-refractivity contribution >= 4 is 19.7 Å². The molecule has 0 aromatic heterocycles. The van der Waals surface area contributed by atoms with Gasteiger partial charge in [-0.2, -0.15) is 0 Å². The molecule has 0 bridgehead atoms. The Kier molecular flexibility index (Phi) is 8.15. The van der Waals surface area contributed by atoms with Crippen molar-refractivity contribution in [2.75, 3.05) is 13.2 Å². The van der Waals surface area contributed by atoms with Crippen molar-refractivity contribution in [3.05, 3.63) is 103 Å². The molecule has 0 aliphatic carbocycles. The maximum atomic E-state index is 13.0. The highest BCUT2D eigenvalue weighted by atomic mass is 32.2.